The van der Waals surface area contributed by atoms with Gasteiger partial charge in [0.05, 0.1) is 5.25 Å². The summed E-state index contributed by atoms with van der Waals surface area (Å²) in [4.78, 5) is 44.1. The lowest BCUT2D eigenvalue weighted by Gasteiger charge is -2.16. The fourth-order valence-corrected chi connectivity index (χ4v) is 6.17. The van der Waals surface area contributed by atoms with E-state index in [1.165, 1.54) is 11.8 Å². The molecule has 1 unspecified atom stereocenters. The van der Waals surface area contributed by atoms with E-state index in [-0.39, 0.29) is 16.9 Å². The Morgan fingerprint density at radius 2 is 1.52 bits per heavy atom. The van der Waals surface area contributed by atoms with Crippen molar-refractivity contribution in [1.29, 1.82) is 0 Å². The number of benzene rings is 5. The number of amides is 3. The quantitative estimate of drug-likeness (QED) is 0.0911. The first kappa shape index (κ1) is 30.4. The van der Waals surface area contributed by atoms with Gasteiger partial charge in [0.1, 0.15) is 5.70 Å². The molecule has 0 aliphatic heterocycles. The van der Waals surface area contributed by atoms with Gasteiger partial charge in [0, 0.05) is 33.5 Å². The number of aromatic amines is 1. The Balaban J connectivity index is 1.21. The molecule has 6 rings (SSSR count). The Morgan fingerprint density at radius 3 is 2.37 bits per heavy atom. The Bertz CT molecular complexity index is 2060. The third-order valence-corrected chi connectivity index (χ3v) is 8.87. The first-order chi connectivity index (χ1) is 22.5. The van der Waals surface area contributed by atoms with Crippen molar-refractivity contribution >= 4 is 68.6 Å². The molecular weight excluding hydrogens is 593 g/mol. The van der Waals surface area contributed by atoms with E-state index in [0.29, 0.717) is 17.7 Å². The predicted octanol–water partition coefficient (Wildman–Crippen LogP) is 8.24. The molecule has 228 valence electrons. The molecule has 8 heteroatoms. The zero-order valence-corrected chi connectivity index (χ0v) is 25.9. The zero-order valence-electron chi connectivity index (χ0n) is 25.1. The molecule has 4 N–H and O–H groups in total. The van der Waals surface area contributed by atoms with Gasteiger partial charge in [0.15, 0.2) is 0 Å². The Morgan fingerprint density at radius 1 is 0.761 bits per heavy atom. The second kappa shape index (κ2) is 14.0. The lowest BCUT2D eigenvalue weighted by molar-refractivity contribution is -0.116. The van der Waals surface area contributed by atoms with E-state index in [9.17, 15) is 14.4 Å². The average Bonchev–Trinajstić information content (AvgIpc) is 3.55. The number of hydrogen-bond acceptors (Lipinski definition) is 4. The summed E-state index contributed by atoms with van der Waals surface area (Å²) in [7, 11) is 0. The number of anilines is 2. The van der Waals surface area contributed by atoms with Gasteiger partial charge in [0.25, 0.3) is 11.8 Å². The highest BCUT2D eigenvalue weighted by atomic mass is 32.2. The van der Waals surface area contributed by atoms with Gasteiger partial charge in [-0.3, -0.25) is 14.4 Å². The molecule has 0 aliphatic rings. The molecule has 1 atom stereocenters. The third kappa shape index (κ3) is 7.20. The van der Waals surface area contributed by atoms with Crippen LogP contribution in [0.1, 0.15) is 29.3 Å². The maximum absolute atomic E-state index is 13.7. The first-order valence-electron chi connectivity index (χ1n) is 15.0. The molecular formula is C38H32N4O3S. The lowest BCUT2D eigenvalue weighted by Crippen LogP contribution is -2.30. The Hall–Kier alpha value is -5.60. The zero-order chi connectivity index (χ0) is 31.9. The van der Waals surface area contributed by atoms with E-state index in [4.69, 9.17) is 0 Å². The summed E-state index contributed by atoms with van der Waals surface area (Å²) in [5, 5.41) is 11.5. The molecule has 0 saturated heterocycles. The van der Waals surface area contributed by atoms with Crippen molar-refractivity contribution in [3.8, 4) is 0 Å². The van der Waals surface area contributed by atoms with Crippen LogP contribution in [-0.2, 0) is 9.59 Å². The number of aromatic nitrogens is 1. The maximum Gasteiger partial charge on any atom is 0.272 e. The van der Waals surface area contributed by atoms with Gasteiger partial charge >= 0.3 is 0 Å². The van der Waals surface area contributed by atoms with Gasteiger partial charge in [0.2, 0.25) is 5.91 Å². The SMILES string of the molecule is CCC(Sc1cccc(NC(=O)/C(=C\c2cccc3ccccc23)NC(=O)c2ccccc2)c1)C(=O)Nc1ccc2cc[nH]c2c1. The second-order valence-electron chi connectivity index (χ2n) is 10.7. The van der Waals surface area contributed by atoms with Crippen molar-refractivity contribution in [3.05, 3.63) is 144 Å². The molecule has 1 heterocycles. The molecule has 0 saturated carbocycles. The standard InChI is InChI=1S/C38H32N4O3S/c1-2-35(38(45)41-30-19-18-26-20-21-39-33(26)24-30)46-31-16-9-15-29(23-31)40-37(44)34(42-36(43)27-11-4-3-5-12-27)22-28-14-8-13-25-10-6-7-17-32(25)28/h3-24,35,39H,2H2,1H3,(H,40,44)(H,41,45)(H,42,43)/b34-22+. The Labute approximate surface area is 271 Å². The first-order valence-corrected chi connectivity index (χ1v) is 15.9. The van der Waals surface area contributed by atoms with Crippen LogP contribution in [0, 0.1) is 0 Å². The number of H-pyrrole nitrogens is 1. The lowest BCUT2D eigenvalue weighted by atomic mass is 10.0. The Kier molecular flexibility index (Phi) is 9.27. The van der Waals surface area contributed by atoms with Gasteiger partial charge in [-0.1, -0.05) is 79.7 Å². The molecule has 6 aromatic rings. The molecule has 0 spiro atoms. The van der Waals surface area contributed by atoms with Crippen molar-refractivity contribution < 1.29 is 14.4 Å². The van der Waals surface area contributed by atoms with Crippen LogP contribution in [-0.4, -0.2) is 28.0 Å². The van der Waals surface area contributed by atoms with Crippen molar-refractivity contribution in [2.45, 2.75) is 23.5 Å². The van der Waals surface area contributed by atoms with E-state index in [1.807, 2.05) is 104 Å². The highest BCUT2D eigenvalue weighted by molar-refractivity contribution is 8.00. The van der Waals surface area contributed by atoms with Crippen LogP contribution in [0.4, 0.5) is 11.4 Å². The monoisotopic (exact) mass is 624 g/mol. The summed E-state index contributed by atoms with van der Waals surface area (Å²) in [6, 6.07) is 37.6. The largest absolute Gasteiger partial charge is 0.361 e. The van der Waals surface area contributed by atoms with Crippen molar-refractivity contribution in [1.82, 2.24) is 10.3 Å². The molecule has 0 fully saturated rings. The molecule has 0 bridgehead atoms. The molecule has 0 radical (unpaired) electrons. The number of hydrogen-bond donors (Lipinski definition) is 4. The second-order valence-corrected chi connectivity index (χ2v) is 12.0. The molecule has 0 aliphatic carbocycles. The van der Waals surface area contributed by atoms with Crippen molar-refractivity contribution in [3.63, 3.8) is 0 Å². The van der Waals surface area contributed by atoms with Crippen LogP contribution >= 0.6 is 11.8 Å². The smallest absolute Gasteiger partial charge is 0.272 e. The van der Waals surface area contributed by atoms with E-state index < -0.39 is 11.8 Å². The summed E-state index contributed by atoms with van der Waals surface area (Å²) in [6.45, 7) is 1.97. The maximum atomic E-state index is 13.7. The normalized spacial score (nSPS) is 12.1. The minimum Gasteiger partial charge on any atom is -0.361 e. The van der Waals surface area contributed by atoms with Crippen LogP contribution in [0.2, 0.25) is 0 Å². The van der Waals surface area contributed by atoms with Crippen molar-refractivity contribution in [2.75, 3.05) is 10.6 Å². The van der Waals surface area contributed by atoms with Gasteiger partial charge in [-0.15, -0.1) is 11.8 Å². The van der Waals surface area contributed by atoms with Gasteiger partial charge in [-0.2, -0.15) is 0 Å². The number of carbonyl (C=O) groups is 3. The minimum atomic E-state index is -0.469. The van der Waals surface area contributed by atoms with E-state index in [0.717, 1.165) is 37.8 Å². The fraction of sp³-hybridized carbons (Fsp3) is 0.0789. The number of nitrogens with one attached hydrogen (secondary N) is 4. The number of carbonyl (C=O) groups excluding carboxylic acids is 3. The van der Waals surface area contributed by atoms with Crippen LogP contribution in [0.15, 0.2) is 138 Å². The summed E-state index contributed by atoms with van der Waals surface area (Å²) < 4.78 is 0. The summed E-state index contributed by atoms with van der Waals surface area (Å²) in [6.07, 6.45) is 4.17. The highest BCUT2D eigenvalue weighted by Gasteiger charge is 2.20. The predicted molar refractivity (Wildman–Crippen MR) is 188 cm³/mol. The summed E-state index contributed by atoms with van der Waals surface area (Å²) in [5.74, 6) is -0.959. The molecule has 1 aromatic heterocycles. The summed E-state index contributed by atoms with van der Waals surface area (Å²) in [5.41, 5.74) is 3.56. The number of fused-ring (bicyclic) bond motifs is 2. The summed E-state index contributed by atoms with van der Waals surface area (Å²) >= 11 is 1.43. The van der Waals surface area contributed by atoms with E-state index >= 15 is 0 Å². The van der Waals surface area contributed by atoms with Gasteiger partial charge in [-0.25, -0.2) is 0 Å². The topological polar surface area (TPSA) is 103 Å². The number of thioether (sulfide) groups is 1. The fourth-order valence-electron chi connectivity index (χ4n) is 5.15. The molecule has 7 nitrogen and oxygen atoms in total. The molecule has 3 amide bonds. The van der Waals surface area contributed by atoms with Crippen LogP contribution in [0.5, 0.6) is 0 Å². The van der Waals surface area contributed by atoms with Crippen molar-refractivity contribution in [2.24, 2.45) is 0 Å². The minimum absolute atomic E-state index is 0.100. The van der Waals surface area contributed by atoms with E-state index in [2.05, 4.69) is 20.9 Å². The number of rotatable bonds is 10. The molecule has 46 heavy (non-hydrogen) atoms. The average molecular weight is 625 g/mol. The highest BCUT2D eigenvalue weighted by Crippen LogP contribution is 2.29. The van der Waals surface area contributed by atoms with Crippen LogP contribution < -0.4 is 16.0 Å². The van der Waals surface area contributed by atoms with Crippen LogP contribution in [0.3, 0.4) is 0 Å². The molecule has 5 aromatic carbocycles. The van der Waals surface area contributed by atoms with Crippen LogP contribution in [0.25, 0.3) is 27.8 Å². The van der Waals surface area contributed by atoms with Gasteiger partial charge < -0.3 is 20.9 Å². The third-order valence-electron chi connectivity index (χ3n) is 7.51. The van der Waals surface area contributed by atoms with Gasteiger partial charge in [-0.05, 0) is 82.7 Å². The van der Waals surface area contributed by atoms with E-state index in [1.54, 1.807) is 36.4 Å².